The molecule has 0 radical (unpaired) electrons. The van der Waals surface area contributed by atoms with E-state index in [1.54, 1.807) is 18.1 Å². The van der Waals surface area contributed by atoms with Crippen LogP contribution in [0.2, 0.25) is 0 Å². The topological polar surface area (TPSA) is 29.5 Å². The van der Waals surface area contributed by atoms with Crippen molar-refractivity contribution in [3.63, 3.8) is 0 Å². The third kappa shape index (κ3) is 3.24. The molecule has 0 spiro atoms. The van der Waals surface area contributed by atoms with Gasteiger partial charge in [-0.15, -0.1) is 0 Å². The Labute approximate surface area is 143 Å². The summed E-state index contributed by atoms with van der Waals surface area (Å²) in [7, 11) is 1.62. The minimum atomic E-state index is -0.499. The maximum Gasteiger partial charge on any atom is 0.257 e. The Morgan fingerprint density at radius 2 is 2.13 bits per heavy atom. The molecule has 1 unspecified atom stereocenters. The molecule has 3 rings (SSSR count). The van der Waals surface area contributed by atoms with Gasteiger partial charge in [-0.05, 0) is 48.7 Å². The van der Waals surface area contributed by atoms with Crippen LogP contribution >= 0.6 is 15.9 Å². The third-order valence-corrected chi connectivity index (χ3v) is 4.65. The van der Waals surface area contributed by atoms with Crippen molar-refractivity contribution >= 4 is 21.8 Å². The molecule has 0 N–H and O–H groups in total. The maximum absolute atomic E-state index is 14.1. The lowest BCUT2D eigenvalue weighted by atomic mass is 10.0. The van der Waals surface area contributed by atoms with Crippen molar-refractivity contribution in [1.29, 1.82) is 0 Å². The zero-order valence-corrected chi connectivity index (χ0v) is 14.3. The second kappa shape index (κ2) is 6.71. The summed E-state index contributed by atoms with van der Waals surface area (Å²) in [6, 6.07) is 12.2. The van der Waals surface area contributed by atoms with Crippen LogP contribution in [0.5, 0.6) is 5.75 Å². The number of likely N-dealkylation sites (tertiary alicyclic amines) is 1. The quantitative estimate of drug-likeness (QED) is 0.783. The fraction of sp³-hybridized carbons (Fsp3) is 0.278. The van der Waals surface area contributed by atoms with Crippen LogP contribution in [0.1, 0.15) is 34.8 Å². The van der Waals surface area contributed by atoms with Crippen LogP contribution in [0.15, 0.2) is 46.9 Å². The summed E-state index contributed by atoms with van der Waals surface area (Å²) in [6.45, 7) is 0.635. The minimum absolute atomic E-state index is 0.0411. The van der Waals surface area contributed by atoms with Crippen molar-refractivity contribution in [2.45, 2.75) is 18.9 Å². The zero-order chi connectivity index (χ0) is 16.4. The molecule has 2 aromatic rings. The van der Waals surface area contributed by atoms with Gasteiger partial charge in [0.1, 0.15) is 11.6 Å². The molecule has 120 valence electrons. The average molecular weight is 378 g/mol. The Bertz CT molecular complexity index is 735. The highest BCUT2D eigenvalue weighted by molar-refractivity contribution is 9.10. The summed E-state index contributed by atoms with van der Waals surface area (Å²) in [5.41, 5.74) is 1.13. The molecule has 1 atom stereocenters. The zero-order valence-electron chi connectivity index (χ0n) is 12.8. The number of ether oxygens (including phenoxy) is 1. The Morgan fingerprint density at radius 3 is 2.87 bits per heavy atom. The molecule has 0 aromatic heterocycles. The first kappa shape index (κ1) is 16.0. The highest BCUT2D eigenvalue weighted by Gasteiger charge is 2.31. The number of carbonyl (C=O) groups excluding carboxylic acids is 1. The van der Waals surface area contributed by atoms with E-state index in [0.717, 1.165) is 24.2 Å². The van der Waals surface area contributed by atoms with Gasteiger partial charge in [0.15, 0.2) is 0 Å². The van der Waals surface area contributed by atoms with Crippen LogP contribution < -0.4 is 4.74 Å². The number of benzene rings is 2. The van der Waals surface area contributed by atoms with Gasteiger partial charge in [0.2, 0.25) is 0 Å². The van der Waals surface area contributed by atoms with Gasteiger partial charge in [-0.25, -0.2) is 4.39 Å². The van der Waals surface area contributed by atoms with Crippen molar-refractivity contribution in [2.24, 2.45) is 0 Å². The van der Waals surface area contributed by atoms with Gasteiger partial charge in [0, 0.05) is 11.0 Å². The van der Waals surface area contributed by atoms with E-state index in [0.29, 0.717) is 11.0 Å². The Morgan fingerprint density at radius 1 is 1.30 bits per heavy atom. The Hall–Kier alpha value is -1.88. The molecule has 0 bridgehead atoms. The van der Waals surface area contributed by atoms with Crippen molar-refractivity contribution in [3.05, 3.63) is 63.9 Å². The largest absolute Gasteiger partial charge is 0.497 e. The first-order valence-corrected chi connectivity index (χ1v) is 8.29. The molecule has 3 nitrogen and oxygen atoms in total. The number of halogens is 2. The van der Waals surface area contributed by atoms with Gasteiger partial charge in [-0.1, -0.05) is 28.1 Å². The van der Waals surface area contributed by atoms with E-state index in [2.05, 4.69) is 15.9 Å². The monoisotopic (exact) mass is 377 g/mol. The number of rotatable bonds is 3. The summed E-state index contributed by atoms with van der Waals surface area (Å²) < 4.78 is 20.0. The van der Waals surface area contributed by atoms with Crippen LogP contribution in [0.4, 0.5) is 4.39 Å². The molecule has 5 heteroatoms. The predicted molar refractivity (Wildman–Crippen MR) is 90.1 cm³/mol. The summed E-state index contributed by atoms with van der Waals surface area (Å²) in [5, 5.41) is 0. The molecule has 1 heterocycles. The van der Waals surface area contributed by atoms with E-state index in [1.807, 2.05) is 24.3 Å². The van der Waals surface area contributed by atoms with Gasteiger partial charge < -0.3 is 9.64 Å². The summed E-state index contributed by atoms with van der Waals surface area (Å²) in [4.78, 5) is 14.5. The first-order chi connectivity index (χ1) is 11.1. The van der Waals surface area contributed by atoms with Crippen molar-refractivity contribution in [3.8, 4) is 5.75 Å². The Kier molecular flexibility index (Phi) is 4.66. The molecule has 1 aliphatic rings. The molecule has 23 heavy (non-hydrogen) atoms. The number of carbonyl (C=O) groups is 1. The van der Waals surface area contributed by atoms with E-state index in [4.69, 9.17) is 4.74 Å². The van der Waals surface area contributed by atoms with Crippen molar-refractivity contribution < 1.29 is 13.9 Å². The van der Waals surface area contributed by atoms with Gasteiger partial charge in [-0.3, -0.25) is 4.79 Å². The highest BCUT2D eigenvalue weighted by Crippen LogP contribution is 2.35. The van der Waals surface area contributed by atoms with Gasteiger partial charge in [0.25, 0.3) is 5.91 Å². The number of methoxy groups -OCH3 is 1. The fourth-order valence-corrected chi connectivity index (χ4v) is 3.36. The lowest BCUT2D eigenvalue weighted by Gasteiger charge is -2.25. The molecular formula is C18H17BrFNO2. The van der Waals surface area contributed by atoms with Crippen LogP contribution in [-0.4, -0.2) is 24.5 Å². The second-order valence-electron chi connectivity index (χ2n) is 5.56. The number of hydrogen-bond acceptors (Lipinski definition) is 2. The normalized spacial score (nSPS) is 17.3. The summed E-state index contributed by atoms with van der Waals surface area (Å²) >= 11 is 3.21. The maximum atomic E-state index is 14.1. The lowest BCUT2D eigenvalue weighted by Crippen LogP contribution is -2.31. The van der Waals surface area contributed by atoms with Crippen LogP contribution in [-0.2, 0) is 0 Å². The molecule has 1 saturated heterocycles. The van der Waals surface area contributed by atoms with Crippen molar-refractivity contribution in [2.75, 3.05) is 13.7 Å². The minimum Gasteiger partial charge on any atom is -0.497 e. The fourth-order valence-electron chi connectivity index (χ4n) is 3.02. The highest BCUT2D eigenvalue weighted by atomic mass is 79.9. The summed E-state index contributed by atoms with van der Waals surface area (Å²) in [6.07, 6.45) is 1.78. The van der Waals surface area contributed by atoms with E-state index < -0.39 is 5.82 Å². The van der Waals surface area contributed by atoms with Gasteiger partial charge >= 0.3 is 0 Å². The van der Waals surface area contributed by atoms with Crippen molar-refractivity contribution in [1.82, 2.24) is 4.90 Å². The lowest BCUT2D eigenvalue weighted by molar-refractivity contribution is 0.0730. The number of nitrogens with zero attached hydrogens (tertiary/aromatic N) is 1. The van der Waals surface area contributed by atoms with E-state index >= 15 is 0 Å². The summed E-state index contributed by atoms with van der Waals surface area (Å²) in [5.74, 6) is -0.00221. The molecule has 1 amide bonds. The van der Waals surface area contributed by atoms with Gasteiger partial charge in [0.05, 0.1) is 18.7 Å². The average Bonchev–Trinajstić information content (AvgIpc) is 3.04. The van der Waals surface area contributed by atoms with Crippen LogP contribution in [0.3, 0.4) is 0 Å². The van der Waals surface area contributed by atoms with Crippen LogP contribution in [0, 0.1) is 5.82 Å². The van der Waals surface area contributed by atoms with E-state index in [9.17, 15) is 9.18 Å². The van der Waals surface area contributed by atoms with Gasteiger partial charge in [-0.2, -0.15) is 0 Å². The smallest absolute Gasteiger partial charge is 0.257 e. The number of hydrogen-bond donors (Lipinski definition) is 0. The SMILES string of the molecule is COc1cccc(C2CCCN2C(=O)c2ccc(Br)cc2F)c1. The predicted octanol–water partition coefficient (Wildman–Crippen LogP) is 4.57. The third-order valence-electron chi connectivity index (χ3n) is 4.15. The van der Waals surface area contributed by atoms with E-state index in [-0.39, 0.29) is 17.5 Å². The number of amides is 1. The molecular weight excluding hydrogens is 361 g/mol. The van der Waals surface area contributed by atoms with E-state index in [1.165, 1.54) is 12.1 Å². The molecule has 1 fully saturated rings. The second-order valence-corrected chi connectivity index (χ2v) is 6.47. The standard InChI is InChI=1S/C18H17BrFNO2/c1-23-14-5-2-4-12(10-14)17-6-3-9-21(17)18(22)15-8-7-13(19)11-16(15)20/h2,4-5,7-8,10-11,17H,3,6,9H2,1H3. The molecule has 2 aromatic carbocycles. The molecule has 0 saturated carbocycles. The van der Waals surface area contributed by atoms with Crippen LogP contribution in [0.25, 0.3) is 0 Å². The first-order valence-electron chi connectivity index (χ1n) is 7.50. The Balaban J connectivity index is 1.90. The molecule has 0 aliphatic carbocycles. The molecule has 1 aliphatic heterocycles.